The van der Waals surface area contributed by atoms with Crippen LogP contribution >= 0.6 is 11.6 Å². The van der Waals surface area contributed by atoms with Crippen molar-refractivity contribution < 1.29 is 23.4 Å². The Morgan fingerprint density at radius 1 is 1.25 bits per heavy atom. The van der Waals surface area contributed by atoms with Gasteiger partial charge in [-0.15, -0.1) is 0 Å². The Bertz CT molecular complexity index is 927. The lowest BCUT2D eigenvalue weighted by Gasteiger charge is -2.41. The molecule has 2 aromatic carbocycles. The zero-order valence-corrected chi connectivity index (χ0v) is 19.0. The third kappa shape index (κ3) is 6.31. The van der Waals surface area contributed by atoms with E-state index in [0.717, 1.165) is 12.1 Å². The maximum Gasteiger partial charge on any atom is 0.319 e. The van der Waals surface area contributed by atoms with Crippen molar-refractivity contribution in [1.82, 2.24) is 10.2 Å². The quantitative estimate of drug-likeness (QED) is 0.589. The summed E-state index contributed by atoms with van der Waals surface area (Å²) in [6, 6.07) is 7.90. The summed E-state index contributed by atoms with van der Waals surface area (Å²) in [5.74, 6) is -2.05. The number of anilines is 1. The minimum Gasteiger partial charge on any atom is -0.497 e. The Hall–Kier alpha value is -2.42. The maximum atomic E-state index is 14.9. The van der Waals surface area contributed by atoms with Crippen LogP contribution in [0.1, 0.15) is 31.7 Å². The summed E-state index contributed by atoms with van der Waals surface area (Å²) in [5, 5.41) is 16.3. The van der Waals surface area contributed by atoms with Crippen LogP contribution < -0.4 is 15.4 Å². The lowest BCUT2D eigenvalue weighted by atomic mass is 9.84. The number of aliphatic hydroxyl groups is 1. The van der Waals surface area contributed by atoms with Crippen LogP contribution in [-0.2, 0) is 0 Å². The first-order valence-electron chi connectivity index (χ1n) is 10.4. The van der Waals surface area contributed by atoms with Crippen molar-refractivity contribution in [2.24, 2.45) is 0 Å². The number of amides is 2. The summed E-state index contributed by atoms with van der Waals surface area (Å²) in [5.41, 5.74) is -0.527. The standard InChI is InChI=1S/C23H28ClF2N3O3/c1-23(2,31)13-29-9-8-20(28-22(30)27-15-6-4-14(24)5-7-15)17(12-29)21-18(25)10-16(32-3)11-19(21)26/h4-7,10-11,17,20,31H,8-9,12-13H2,1-3H3,(H2,27,28,30). The first-order valence-corrected chi connectivity index (χ1v) is 10.7. The van der Waals surface area contributed by atoms with E-state index in [1.807, 2.05) is 4.90 Å². The fraction of sp³-hybridized carbons (Fsp3) is 0.435. The molecule has 6 nitrogen and oxygen atoms in total. The number of piperidine rings is 1. The third-order valence-electron chi connectivity index (χ3n) is 5.39. The number of benzene rings is 2. The third-order valence-corrected chi connectivity index (χ3v) is 5.64. The van der Waals surface area contributed by atoms with Crippen LogP contribution in [0.2, 0.25) is 5.02 Å². The first-order chi connectivity index (χ1) is 15.1. The molecule has 0 aromatic heterocycles. The summed E-state index contributed by atoms with van der Waals surface area (Å²) in [6.07, 6.45) is 0.458. The summed E-state index contributed by atoms with van der Waals surface area (Å²) >= 11 is 5.87. The van der Waals surface area contributed by atoms with Crippen LogP contribution in [0.25, 0.3) is 0 Å². The average Bonchev–Trinajstić information content (AvgIpc) is 2.69. The largest absolute Gasteiger partial charge is 0.497 e. The number of urea groups is 1. The molecule has 3 N–H and O–H groups in total. The molecule has 1 aliphatic heterocycles. The van der Waals surface area contributed by atoms with Crippen LogP contribution in [-0.4, -0.2) is 54.4 Å². The minimum atomic E-state index is -0.965. The molecule has 0 bridgehead atoms. The van der Waals surface area contributed by atoms with Crippen LogP contribution in [0.15, 0.2) is 36.4 Å². The smallest absolute Gasteiger partial charge is 0.319 e. The molecule has 1 saturated heterocycles. The van der Waals surface area contributed by atoms with E-state index in [-0.39, 0.29) is 17.9 Å². The van der Waals surface area contributed by atoms with E-state index in [1.165, 1.54) is 7.11 Å². The molecule has 0 aliphatic carbocycles. The number of likely N-dealkylation sites (tertiary alicyclic amines) is 1. The molecule has 174 valence electrons. The molecule has 2 aromatic rings. The maximum absolute atomic E-state index is 14.9. The number of hydrogen-bond acceptors (Lipinski definition) is 4. The number of methoxy groups -OCH3 is 1. The Labute approximate surface area is 191 Å². The van der Waals surface area contributed by atoms with Crippen molar-refractivity contribution in [3.63, 3.8) is 0 Å². The highest BCUT2D eigenvalue weighted by molar-refractivity contribution is 6.30. The van der Waals surface area contributed by atoms with Gasteiger partial charge in [0.15, 0.2) is 0 Å². The van der Waals surface area contributed by atoms with E-state index in [4.69, 9.17) is 16.3 Å². The zero-order valence-electron chi connectivity index (χ0n) is 18.3. The van der Waals surface area contributed by atoms with Crippen molar-refractivity contribution in [3.05, 3.63) is 58.6 Å². The molecule has 2 amide bonds. The fourth-order valence-electron chi connectivity index (χ4n) is 4.08. The average molecular weight is 468 g/mol. The minimum absolute atomic E-state index is 0.0814. The molecule has 0 spiro atoms. The molecule has 3 rings (SSSR count). The number of carbonyl (C=O) groups is 1. The predicted molar refractivity (Wildman–Crippen MR) is 120 cm³/mol. The number of β-amino-alcohol motifs (C(OH)–C–C–N with tert-alkyl or cyclic N) is 1. The summed E-state index contributed by atoms with van der Waals surface area (Å²) in [4.78, 5) is 14.6. The second-order valence-electron chi connectivity index (χ2n) is 8.66. The first kappa shape index (κ1) is 24.2. The number of ether oxygens (including phenoxy) is 1. The van der Waals surface area contributed by atoms with E-state index in [2.05, 4.69) is 10.6 Å². The summed E-state index contributed by atoms with van der Waals surface area (Å²) in [7, 11) is 1.34. The molecule has 32 heavy (non-hydrogen) atoms. The topological polar surface area (TPSA) is 73.8 Å². The highest BCUT2D eigenvalue weighted by Crippen LogP contribution is 2.34. The molecule has 1 aliphatic rings. The lowest BCUT2D eigenvalue weighted by Crippen LogP contribution is -2.53. The van der Waals surface area contributed by atoms with Crippen LogP contribution in [0, 0.1) is 11.6 Å². The molecule has 1 heterocycles. The van der Waals surface area contributed by atoms with E-state index in [0.29, 0.717) is 30.2 Å². The van der Waals surface area contributed by atoms with Gasteiger partial charge in [0.05, 0.1) is 12.7 Å². The summed E-state index contributed by atoms with van der Waals surface area (Å²) < 4.78 is 34.8. The summed E-state index contributed by atoms with van der Waals surface area (Å²) in [6.45, 7) is 4.54. The predicted octanol–water partition coefficient (Wildman–Crippen LogP) is 4.38. The highest BCUT2D eigenvalue weighted by Gasteiger charge is 2.36. The second kappa shape index (κ2) is 10.0. The number of nitrogens with one attached hydrogen (secondary N) is 2. The fourth-order valence-corrected chi connectivity index (χ4v) is 4.20. The SMILES string of the molecule is COc1cc(F)c(C2CN(CC(C)(C)O)CCC2NC(=O)Nc2ccc(Cl)cc2)c(F)c1. The van der Waals surface area contributed by atoms with E-state index in [9.17, 15) is 18.7 Å². The van der Waals surface area contributed by atoms with Gasteiger partial charge in [0.2, 0.25) is 0 Å². The van der Waals surface area contributed by atoms with Crippen LogP contribution in [0.3, 0.4) is 0 Å². The van der Waals surface area contributed by atoms with E-state index >= 15 is 0 Å². The van der Waals surface area contributed by atoms with Crippen molar-refractivity contribution >= 4 is 23.3 Å². The van der Waals surface area contributed by atoms with Crippen molar-refractivity contribution in [2.75, 3.05) is 32.1 Å². The number of rotatable bonds is 6. The number of nitrogens with zero attached hydrogens (tertiary/aromatic N) is 1. The molecule has 1 fully saturated rings. The van der Waals surface area contributed by atoms with Gasteiger partial charge in [0, 0.05) is 60.0 Å². The normalized spacial score (nSPS) is 19.5. The molecular formula is C23H28ClF2N3O3. The van der Waals surface area contributed by atoms with Crippen LogP contribution in [0.5, 0.6) is 5.75 Å². The highest BCUT2D eigenvalue weighted by atomic mass is 35.5. The van der Waals surface area contributed by atoms with Gasteiger partial charge in [-0.25, -0.2) is 13.6 Å². The zero-order chi connectivity index (χ0) is 23.5. The van der Waals surface area contributed by atoms with Crippen molar-refractivity contribution in [3.8, 4) is 5.75 Å². The lowest BCUT2D eigenvalue weighted by molar-refractivity contribution is 0.0232. The number of hydrogen-bond donors (Lipinski definition) is 3. The number of carbonyl (C=O) groups excluding carboxylic acids is 1. The molecule has 2 atom stereocenters. The van der Waals surface area contributed by atoms with Crippen molar-refractivity contribution in [2.45, 2.75) is 37.8 Å². The molecule has 2 unspecified atom stereocenters. The van der Waals surface area contributed by atoms with Crippen LogP contribution in [0.4, 0.5) is 19.3 Å². The Kier molecular flexibility index (Phi) is 7.59. The van der Waals surface area contributed by atoms with Gasteiger partial charge in [0.1, 0.15) is 17.4 Å². The molecule has 0 radical (unpaired) electrons. The van der Waals surface area contributed by atoms with Gasteiger partial charge in [-0.3, -0.25) is 4.90 Å². The van der Waals surface area contributed by atoms with Gasteiger partial charge in [-0.1, -0.05) is 11.6 Å². The van der Waals surface area contributed by atoms with E-state index < -0.39 is 35.2 Å². The molecule has 0 saturated carbocycles. The Morgan fingerprint density at radius 2 is 1.88 bits per heavy atom. The van der Waals surface area contributed by atoms with Crippen molar-refractivity contribution in [1.29, 1.82) is 0 Å². The molecule has 9 heteroatoms. The second-order valence-corrected chi connectivity index (χ2v) is 9.10. The van der Waals surface area contributed by atoms with Gasteiger partial charge in [-0.2, -0.15) is 0 Å². The number of halogens is 3. The Morgan fingerprint density at radius 3 is 2.44 bits per heavy atom. The van der Waals surface area contributed by atoms with Gasteiger partial charge in [0.25, 0.3) is 0 Å². The van der Waals surface area contributed by atoms with Gasteiger partial charge < -0.3 is 20.5 Å². The van der Waals surface area contributed by atoms with E-state index in [1.54, 1.807) is 38.1 Å². The van der Waals surface area contributed by atoms with Gasteiger partial charge >= 0.3 is 6.03 Å². The monoisotopic (exact) mass is 467 g/mol. The van der Waals surface area contributed by atoms with Gasteiger partial charge in [-0.05, 0) is 44.5 Å². The Balaban J connectivity index is 1.83. The molecular weight excluding hydrogens is 440 g/mol.